The van der Waals surface area contributed by atoms with Crippen LogP contribution in [0, 0.1) is 0 Å². The molecule has 0 nitrogen and oxygen atoms in total. The van der Waals surface area contributed by atoms with Crippen molar-refractivity contribution in [3.63, 3.8) is 0 Å². The Labute approximate surface area is 78.1 Å². The molecule has 0 spiro atoms. The van der Waals surface area contributed by atoms with Crippen molar-refractivity contribution < 1.29 is 0 Å². The van der Waals surface area contributed by atoms with Crippen molar-refractivity contribution in [2.45, 2.75) is 65.7 Å². The summed E-state index contributed by atoms with van der Waals surface area (Å²) in [7, 11) is 0. The van der Waals surface area contributed by atoms with Crippen LogP contribution < -0.4 is 0 Å². The maximum Gasteiger partial charge on any atom is -0.0323 e. The monoisotopic (exact) mass is 168 g/mol. The van der Waals surface area contributed by atoms with Gasteiger partial charge in [-0.15, -0.1) is 0 Å². The van der Waals surface area contributed by atoms with E-state index in [1.54, 1.807) is 5.57 Å². The summed E-state index contributed by atoms with van der Waals surface area (Å²) in [6, 6.07) is 0. The van der Waals surface area contributed by atoms with E-state index in [1.165, 1.54) is 44.9 Å². The molecular formula is C12H24. The van der Waals surface area contributed by atoms with E-state index in [1.807, 2.05) is 0 Å². The molecule has 0 aliphatic heterocycles. The fraction of sp³-hybridized carbons (Fsp3) is 0.833. The first kappa shape index (κ1) is 11.7. The van der Waals surface area contributed by atoms with E-state index in [0.29, 0.717) is 0 Å². The van der Waals surface area contributed by atoms with Crippen molar-refractivity contribution in [2.75, 3.05) is 0 Å². The van der Waals surface area contributed by atoms with Crippen LogP contribution >= 0.6 is 0 Å². The molecule has 0 radical (unpaired) electrons. The van der Waals surface area contributed by atoms with Gasteiger partial charge in [-0.3, -0.25) is 0 Å². The predicted molar refractivity (Wildman–Crippen MR) is 57.4 cm³/mol. The third-order valence-electron chi connectivity index (χ3n) is 2.23. The Morgan fingerprint density at radius 1 is 1.00 bits per heavy atom. The molecule has 12 heavy (non-hydrogen) atoms. The van der Waals surface area contributed by atoms with Crippen LogP contribution in [-0.4, -0.2) is 0 Å². The van der Waals surface area contributed by atoms with Gasteiger partial charge in [0.25, 0.3) is 0 Å². The van der Waals surface area contributed by atoms with Crippen LogP contribution in [0.3, 0.4) is 0 Å². The molecule has 0 aromatic carbocycles. The molecule has 0 heteroatoms. The summed E-state index contributed by atoms with van der Waals surface area (Å²) in [4.78, 5) is 0. The van der Waals surface area contributed by atoms with Gasteiger partial charge in [0.1, 0.15) is 0 Å². The summed E-state index contributed by atoms with van der Waals surface area (Å²) in [6.45, 7) is 6.73. The SMILES string of the molecule is CC/C=C(\C)CCCCCCC. The minimum Gasteiger partial charge on any atom is -0.0859 e. The number of hydrogen-bond acceptors (Lipinski definition) is 0. The van der Waals surface area contributed by atoms with Crippen LogP contribution in [-0.2, 0) is 0 Å². The van der Waals surface area contributed by atoms with E-state index in [2.05, 4.69) is 26.8 Å². The van der Waals surface area contributed by atoms with Crippen molar-refractivity contribution in [3.8, 4) is 0 Å². The molecule has 0 heterocycles. The van der Waals surface area contributed by atoms with Crippen molar-refractivity contribution in [3.05, 3.63) is 11.6 Å². The number of allylic oxidation sites excluding steroid dienone is 2. The summed E-state index contributed by atoms with van der Waals surface area (Å²) in [5.74, 6) is 0. The molecule has 0 fully saturated rings. The van der Waals surface area contributed by atoms with Crippen LogP contribution in [0.15, 0.2) is 11.6 Å². The molecule has 0 aromatic heterocycles. The van der Waals surface area contributed by atoms with Crippen LogP contribution in [0.25, 0.3) is 0 Å². The van der Waals surface area contributed by atoms with Crippen molar-refractivity contribution in [1.29, 1.82) is 0 Å². The summed E-state index contributed by atoms with van der Waals surface area (Å²) in [5, 5.41) is 0. The summed E-state index contributed by atoms with van der Waals surface area (Å²) < 4.78 is 0. The van der Waals surface area contributed by atoms with E-state index in [4.69, 9.17) is 0 Å². The van der Waals surface area contributed by atoms with Crippen molar-refractivity contribution in [2.24, 2.45) is 0 Å². The van der Waals surface area contributed by atoms with Gasteiger partial charge in [0.05, 0.1) is 0 Å². The average molecular weight is 168 g/mol. The first-order valence-electron chi connectivity index (χ1n) is 5.46. The van der Waals surface area contributed by atoms with Crippen molar-refractivity contribution >= 4 is 0 Å². The number of unbranched alkanes of at least 4 members (excludes halogenated alkanes) is 4. The third-order valence-corrected chi connectivity index (χ3v) is 2.23. The van der Waals surface area contributed by atoms with Gasteiger partial charge in [-0.2, -0.15) is 0 Å². The number of hydrogen-bond donors (Lipinski definition) is 0. The maximum absolute atomic E-state index is 2.35. The van der Waals surface area contributed by atoms with Gasteiger partial charge >= 0.3 is 0 Å². The zero-order valence-electron chi connectivity index (χ0n) is 9.03. The van der Waals surface area contributed by atoms with Gasteiger partial charge < -0.3 is 0 Å². The Kier molecular flexibility index (Phi) is 8.64. The van der Waals surface area contributed by atoms with E-state index in [0.717, 1.165) is 0 Å². The smallest absolute Gasteiger partial charge is 0.0323 e. The van der Waals surface area contributed by atoms with E-state index in [9.17, 15) is 0 Å². The van der Waals surface area contributed by atoms with E-state index >= 15 is 0 Å². The molecule has 0 saturated carbocycles. The van der Waals surface area contributed by atoms with Crippen molar-refractivity contribution in [1.82, 2.24) is 0 Å². The molecule has 0 bridgehead atoms. The molecule has 72 valence electrons. The van der Waals surface area contributed by atoms with Crippen LogP contribution in [0.4, 0.5) is 0 Å². The third kappa shape index (κ3) is 7.84. The second-order valence-corrected chi connectivity index (χ2v) is 3.62. The van der Waals surface area contributed by atoms with Crippen LogP contribution in [0.2, 0.25) is 0 Å². The fourth-order valence-corrected chi connectivity index (χ4v) is 1.46. The van der Waals surface area contributed by atoms with E-state index < -0.39 is 0 Å². The summed E-state index contributed by atoms with van der Waals surface area (Å²) in [5.41, 5.74) is 1.58. The largest absolute Gasteiger partial charge is 0.0859 e. The lowest BCUT2D eigenvalue weighted by Crippen LogP contribution is -1.80. The highest BCUT2D eigenvalue weighted by atomic mass is 14.0. The lowest BCUT2D eigenvalue weighted by Gasteiger charge is -2.00. The Morgan fingerprint density at radius 3 is 2.25 bits per heavy atom. The summed E-state index contributed by atoms with van der Waals surface area (Å²) in [6.07, 6.45) is 11.9. The Bertz CT molecular complexity index is 111. The second kappa shape index (κ2) is 8.83. The first-order chi connectivity index (χ1) is 5.81. The Balaban J connectivity index is 3.14. The van der Waals surface area contributed by atoms with Crippen LogP contribution in [0.5, 0.6) is 0 Å². The molecule has 0 aliphatic rings. The van der Waals surface area contributed by atoms with Gasteiger partial charge in [-0.25, -0.2) is 0 Å². The minimum atomic E-state index is 1.20. The average Bonchev–Trinajstić information content (AvgIpc) is 2.05. The lowest BCUT2D eigenvalue weighted by molar-refractivity contribution is 0.630. The molecule has 0 rings (SSSR count). The zero-order chi connectivity index (χ0) is 9.23. The lowest BCUT2D eigenvalue weighted by atomic mass is 10.1. The van der Waals surface area contributed by atoms with Gasteiger partial charge in [0.15, 0.2) is 0 Å². The maximum atomic E-state index is 2.35. The minimum absolute atomic E-state index is 1.20. The fourth-order valence-electron chi connectivity index (χ4n) is 1.46. The molecular weight excluding hydrogens is 144 g/mol. The highest BCUT2D eigenvalue weighted by Gasteiger charge is 1.90. The molecule has 0 amide bonds. The van der Waals surface area contributed by atoms with Gasteiger partial charge in [0, 0.05) is 0 Å². The standard InChI is InChI=1S/C12H24/c1-4-6-7-8-9-11-12(3)10-5-2/h10H,4-9,11H2,1-3H3/b12-10+. The van der Waals surface area contributed by atoms with Crippen LogP contribution in [0.1, 0.15) is 65.7 Å². The highest BCUT2D eigenvalue weighted by molar-refractivity contribution is 4.96. The second-order valence-electron chi connectivity index (χ2n) is 3.62. The predicted octanol–water partition coefficient (Wildman–Crippen LogP) is 4.70. The molecule has 0 saturated heterocycles. The number of rotatable bonds is 7. The molecule has 0 N–H and O–H groups in total. The Hall–Kier alpha value is -0.260. The van der Waals surface area contributed by atoms with Gasteiger partial charge in [-0.1, -0.05) is 51.2 Å². The normalized spacial score (nSPS) is 12.1. The quantitative estimate of drug-likeness (QED) is 0.382. The molecule has 0 unspecified atom stereocenters. The first-order valence-corrected chi connectivity index (χ1v) is 5.46. The Morgan fingerprint density at radius 2 is 1.67 bits per heavy atom. The van der Waals surface area contributed by atoms with Gasteiger partial charge in [0.2, 0.25) is 0 Å². The van der Waals surface area contributed by atoms with Gasteiger partial charge in [-0.05, 0) is 26.2 Å². The highest BCUT2D eigenvalue weighted by Crippen LogP contribution is 2.10. The summed E-state index contributed by atoms with van der Waals surface area (Å²) >= 11 is 0. The molecule has 0 aliphatic carbocycles. The molecule has 0 aromatic rings. The topological polar surface area (TPSA) is 0 Å². The van der Waals surface area contributed by atoms with E-state index in [-0.39, 0.29) is 0 Å². The molecule has 0 atom stereocenters. The zero-order valence-corrected chi connectivity index (χ0v) is 9.03.